The summed E-state index contributed by atoms with van der Waals surface area (Å²) in [7, 11) is 0. The van der Waals surface area contributed by atoms with E-state index in [4.69, 9.17) is 0 Å². The van der Waals surface area contributed by atoms with Crippen LogP contribution in [0.4, 0.5) is 4.39 Å². The van der Waals surface area contributed by atoms with Crippen LogP contribution < -0.4 is 0 Å². The van der Waals surface area contributed by atoms with Gasteiger partial charge in [0.25, 0.3) is 0 Å². The highest BCUT2D eigenvalue weighted by Crippen LogP contribution is 2.35. The van der Waals surface area contributed by atoms with Gasteiger partial charge in [-0.1, -0.05) is 68.3 Å². The van der Waals surface area contributed by atoms with Gasteiger partial charge in [0.15, 0.2) is 0 Å². The van der Waals surface area contributed by atoms with E-state index in [-0.39, 0.29) is 12.2 Å². The van der Waals surface area contributed by atoms with Crippen molar-refractivity contribution in [2.75, 3.05) is 0 Å². The summed E-state index contributed by atoms with van der Waals surface area (Å²) in [5.74, 6) is -1.24. The molecule has 1 atom stereocenters. The molecule has 0 aliphatic heterocycles. The molecule has 0 aliphatic carbocycles. The van der Waals surface area contributed by atoms with Crippen LogP contribution in [0.15, 0.2) is 54.6 Å². The number of carbonyl (C=O) groups is 1. The monoisotopic (exact) mass is 300 g/mol. The van der Waals surface area contributed by atoms with Gasteiger partial charge in [-0.25, -0.2) is 4.39 Å². The Bertz CT molecular complexity index is 624. The minimum atomic E-state index is -1.08. The van der Waals surface area contributed by atoms with Crippen molar-refractivity contribution in [3.05, 3.63) is 71.5 Å². The molecule has 0 radical (unpaired) electrons. The van der Waals surface area contributed by atoms with Crippen molar-refractivity contribution in [1.82, 2.24) is 0 Å². The molecule has 3 heteroatoms. The molecule has 0 spiro atoms. The van der Waals surface area contributed by atoms with Gasteiger partial charge in [0.05, 0.1) is 5.41 Å². The maximum absolute atomic E-state index is 14.0. The number of hydrogen-bond donors (Lipinski definition) is 1. The number of unbranched alkanes of at least 4 members (excludes halogenated alkanes) is 1. The summed E-state index contributed by atoms with van der Waals surface area (Å²) in [6.45, 7) is 2.03. The highest BCUT2D eigenvalue weighted by molar-refractivity contribution is 5.82. The van der Waals surface area contributed by atoms with Crippen LogP contribution >= 0.6 is 0 Å². The number of aliphatic carboxylic acids is 1. The van der Waals surface area contributed by atoms with E-state index in [1.54, 1.807) is 18.2 Å². The standard InChI is InChI=1S/C19H21FO2/c1-2-3-13-19(18(21)22,16-10-5-4-6-11-16)14-15-9-7-8-12-17(15)20/h4-12H,2-3,13-14H2,1H3,(H,21,22)/t19-/m1/s1. The molecule has 1 N–H and O–H groups in total. The van der Waals surface area contributed by atoms with E-state index in [0.717, 1.165) is 18.4 Å². The minimum Gasteiger partial charge on any atom is -0.481 e. The maximum atomic E-state index is 14.0. The van der Waals surface area contributed by atoms with Gasteiger partial charge in [-0.15, -0.1) is 0 Å². The van der Waals surface area contributed by atoms with E-state index in [1.165, 1.54) is 6.07 Å². The third-order valence-electron chi connectivity index (χ3n) is 4.14. The van der Waals surface area contributed by atoms with Gasteiger partial charge in [-0.05, 0) is 30.0 Å². The first-order valence-electron chi connectivity index (χ1n) is 7.62. The van der Waals surface area contributed by atoms with Crippen LogP contribution in [0.25, 0.3) is 0 Å². The van der Waals surface area contributed by atoms with Crippen LogP contribution in [-0.4, -0.2) is 11.1 Å². The highest BCUT2D eigenvalue weighted by Gasteiger charge is 2.40. The summed E-state index contributed by atoms with van der Waals surface area (Å²) in [6, 6.07) is 15.6. The zero-order valence-corrected chi connectivity index (χ0v) is 12.8. The predicted molar refractivity (Wildman–Crippen MR) is 85.4 cm³/mol. The lowest BCUT2D eigenvalue weighted by atomic mass is 9.72. The molecule has 22 heavy (non-hydrogen) atoms. The van der Waals surface area contributed by atoms with Gasteiger partial charge in [0.1, 0.15) is 5.82 Å². The number of halogens is 1. The normalized spacial score (nSPS) is 13.5. The molecular weight excluding hydrogens is 279 g/mol. The topological polar surface area (TPSA) is 37.3 Å². The molecule has 0 saturated carbocycles. The number of rotatable bonds is 7. The van der Waals surface area contributed by atoms with Gasteiger partial charge in [-0.2, -0.15) is 0 Å². The Balaban J connectivity index is 2.48. The molecule has 0 bridgehead atoms. The zero-order chi connectivity index (χ0) is 16.0. The van der Waals surface area contributed by atoms with Crippen molar-refractivity contribution in [1.29, 1.82) is 0 Å². The number of benzene rings is 2. The molecule has 0 amide bonds. The van der Waals surface area contributed by atoms with Gasteiger partial charge in [-0.3, -0.25) is 4.79 Å². The third-order valence-corrected chi connectivity index (χ3v) is 4.14. The van der Waals surface area contributed by atoms with E-state index < -0.39 is 11.4 Å². The summed E-state index contributed by atoms with van der Waals surface area (Å²) in [5.41, 5.74) is 0.100. The van der Waals surface area contributed by atoms with Crippen molar-refractivity contribution in [2.45, 2.75) is 38.0 Å². The molecule has 0 unspecified atom stereocenters. The Labute approximate surface area is 130 Å². The first-order chi connectivity index (χ1) is 10.6. The predicted octanol–water partition coefficient (Wildman–Crippen LogP) is 4.58. The van der Waals surface area contributed by atoms with Crippen molar-refractivity contribution in [3.8, 4) is 0 Å². The highest BCUT2D eigenvalue weighted by atomic mass is 19.1. The second-order valence-corrected chi connectivity index (χ2v) is 5.63. The summed E-state index contributed by atoms with van der Waals surface area (Å²) < 4.78 is 14.0. The Hall–Kier alpha value is -2.16. The van der Waals surface area contributed by atoms with Gasteiger partial charge in [0.2, 0.25) is 0 Å². The van der Waals surface area contributed by atoms with Crippen LogP contribution in [0, 0.1) is 5.82 Å². The van der Waals surface area contributed by atoms with Crippen LogP contribution in [0.5, 0.6) is 0 Å². The molecule has 0 heterocycles. The smallest absolute Gasteiger partial charge is 0.314 e. The molecule has 0 aliphatic rings. The molecule has 116 valence electrons. The summed E-state index contributed by atoms with van der Waals surface area (Å²) in [5, 5.41) is 9.93. The summed E-state index contributed by atoms with van der Waals surface area (Å²) >= 11 is 0. The van der Waals surface area contributed by atoms with Gasteiger partial charge in [0, 0.05) is 0 Å². The summed E-state index contributed by atoms with van der Waals surface area (Å²) in [4.78, 5) is 12.1. The van der Waals surface area contributed by atoms with Crippen LogP contribution in [0.2, 0.25) is 0 Å². The molecule has 0 aromatic heterocycles. The fraction of sp³-hybridized carbons (Fsp3) is 0.316. The lowest BCUT2D eigenvalue weighted by Gasteiger charge is -2.30. The van der Waals surface area contributed by atoms with Crippen LogP contribution in [0.3, 0.4) is 0 Å². The maximum Gasteiger partial charge on any atom is 0.314 e. The fourth-order valence-corrected chi connectivity index (χ4v) is 2.84. The van der Waals surface area contributed by atoms with Crippen molar-refractivity contribution in [3.63, 3.8) is 0 Å². The van der Waals surface area contributed by atoms with Crippen molar-refractivity contribution >= 4 is 5.97 Å². The molecule has 2 rings (SSSR count). The first-order valence-corrected chi connectivity index (χ1v) is 7.62. The van der Waals surface area contributed by atoms with Crippen molar-refractivity contribution < 1.29 is 14.3 Å². The second kappa shape index (κ2) is 7.21. The van der Waals surface area contributed by atoms with Crippen LogP contribution in [0.1, 0.15) is 37.3 Å². The molecule has 2 aromatic carbocycles. The molecule has 0 fully saturated rings. The van der Waals surface area contributed by atoms with Crippen LogP contribution in [-0.2, 0) is 16.6 Å². The summed E-state index contributed by atoms with van der Waals surface area (Å²) in [6.07, 6.45) is 2.35. The quantitative estimate of drug-likeness (QED) is 0.812. The van der Waals surface area contributed by atoms with Gasteiger partial charge < -0.3 is 5.11 Å². The SMILES string of the molecule is CCCC[C@](Cc1ccccc1F)(C(=O)O)c1ccccc1. The number of carboxylic acids is 1. The fourth-order valence-electron chi connectivity index (χ4n) is 2.84. The van der Waals surface area contributed by atoms with E-state index in [2.05, 4.69) is 0 Å². The lowest BCUT2D eigenvalue weighted by molar-refractivity contribution is -0.144. The van der Waals surface area contributed by atoms with E-state index in [1.807, 2.05) is 37.3 Å². The van der Waals surface area contributed by atoms with E-state index >= 15 is 0 Å². The lowest BCUT2D eigenvalue weighted by Crippen LogP contribution is -2.38. The number of hydrogen-bond acceptors (Lipinski definition) is 1. The second-order valence-electron chi connectivity index (χ2n) is 5.63. The molecule has 0 saturated heterocycles. The van der Waals surface area contributed by atoms with E-state index in [0.29, 0.717) is 12.0 Å². The average Bonchev–Trinajstić information content (AvgIpc) is 2.54. The average molecular weight is 300 g/mol. The number of carboxylic acid groups (broad SMARTS) is 1. The minimum absolute atomic E-state index is 0.166. The Morgan fingerprint density at radius 2 is 1.73 bits per heavy atom. The third kappa shape index (κ3) is 3.35. The Morgan fingerprint density at radius 3 is 2.32 bits per heavy atom. The molecule has 2 nitrogen and oxygen atoms in total. The Morgan fingerprint density at radius 1 is 1.09 bits per heavy atom. The van der Waals surface area contributed by atoms with Gasteiger partial charge >= 0.3 is 5.97 Å². The molecule has 2 aromatic rings. The first kappa shape index (κ1) is 16.2. The van der Waals surface area contributed by atoms with E-state index in [9.17, 15) is 14.3 Å². The molecular formula is C19H21FO2. The van der Waals surface area contributed by atoms with Crippen molar-refractivity contribution in [2.24, 2.45) is 0 Å². The largest absolute Gasteiger partial charge is 0.481 e. The Kier molecular flexibility index (Phi) is 5.31. The zero-order valence-electron chi connectivity index (χ0n) is 12.8.